The summed E-state index contributed by atoms with van der Waals surface area (Å²) < 4.78 is 0. The maximum Gasteiger partial charge on any atom is 0.114 e. The standard InChI is InChI=1S/C25H19ClN2/c1-27-24(22-12-10-18-6-2-4-8-20(18)14-22)16-25(28-17-26)23-13-11-19-7-3-5-9-21(19)15-23/h2-16H,1,17H2/b24-16-,28-25+. The Bertz CT molecular complexity index is 1220. The van der Waals surface area contributed by atoms with E-state index in [0.29, 0.717) is 0 Å². The van der Waals surface area contributed by atoms with Gasteiger partial charge < -0.3 is 0 Å². The molecule has 0 atom stereocenters. The van der Waals surface area contributed by atoms with Crippen LogP contribution in [0.1, 0.15) is 11.1 Å². The second-order valence-electron chi connectivity index (χ2n) is 6.47. The number of alkyl halides is 1. The highest BCUT2D eigenvalue weighted by molar-refractivity contribution is 6.20. The molecule has 4 aromatic carbocycles. The third kappa shape index (κ3) is 3.73. The lowest BCUT2D eigenvalue weighted by atomic mass is 10.0. The molecule has 28 heavy (non-hydrogen) atoms. The van der Waals surface area contributed by atoms with Crippen molar-refractivity contribution in [3.8, 4) is 0 Å². The van der Waals surface area contributed by atoms with Crippen molar-refractivity contribution in [3.63, 3.8) is 0 Å². The highest BCUT2D eigenvalue weighted by Crippen LogP contribution is 2.24. The van der Waals surface area contributed by atoms with E-state index in [4.69, 9.17) is 11.6 Å². The Balaban J connectivity index is 1.79. The predicted molar refractivity (Wildman–Crippen MR) is 123 cm³/mol. The molecule has 0 heterocycles. The maximum atomic E-state index is 5.95. The van der Waals surface area contributed by atoms with E-state index < -0.39 is 0 Å². The van der Waals surface area contributed by atoms with E-state index in [0.717, 1.165) is 33.3 Å². The van der Waals surface area contributed by atoms with Gasteiger partial charge in [0, 0.05) is 11.1 Å². The van der Waals surface area contributed by atoms with Gasteiger partial charge in [-0.1, -0.05) is 72.8 Å². The molecule has 0 bridgehead atoms. The van der Waals surface area contributed by atoms with Crippen molar-refractivity contribution in [2.45, 2.75) is 0 Å². The molecule has 0 unspecified atom stereocenters. The predicted octanol–water partition coefficient (Wildman–Crippen LogP) is 6.72. The Labute approximate surface area is 169 Å². The van der Waals surface area contributed by atoms with Crippen LogP contribution in [0.2, 0.25) is 0 Å². The van der Waals surface area contributed by atoms with Crippen LogP contribution in [0.4, 0.5) is 0 Å². The van der Waals surface area contributed by atoms with Gasteiger partial charge in [-0.2, -0.15) is 0 Å². The molecule has 3 heteroatoms. The van der Waals surface area contributed by atoms with Gasteiger partial charge in [-0.3, -0.25) is 9.98 Å². The van der Waals surface area contributed by atoms with E-state index in [1.807, 2.05) is 30.3 Å². The van der Waals surface area contributed by atoms with Crippen LogP contribution in [0.5, 0.6) is 0 Å². The zero-order chi connectivity index (χ0) is 19.3. The SMILES string of the molecule is C=N/C(=C\C(=N/CCl)c1ccc2ccccc2c1)c1ccc2ccccc2c1. The summed E-state index contributed by atoms with van der Waals surface area (Å²) in [6, 6.07) is 29.3. The van der Waals surface area contributed by atoms with Crippen LogP contribution in [-0.4, -0.2) is 18.4 Å². The van der Waals surface area contributed by atoms with E-state index in [1.54, 1.807) is 0 Å². The number of benzene rings is 4. The molecule has 0 saturated carbocycles. The first-order valence-electron chi connectivity index (χ1n) is 9.06. The minimum Gasteiger partial charge on any atom is -0.269 e. The second kappa shape index (κ2) is 8.20. The van der Waals surface area contributed by atoms with Gasteiger partial charge in [0.2, 0.25) is 0 Å². The highest BCUT2D eigenvalue weighted by Gasteiger charge is 2.07. The van der Waals surface area contributed by atoms with Gasteiger partial charge in [0.1, 0.15) is 6.00 Å². The second-order valence-corrected chi connectivity index (χ2v) is 6.71. The molecule has 0 aromatic heterocycles. The molecule has 4 rings (SSSR count). The first-order chi connectivity index (χ1) is 13.8. The van der Waals surface area contributed by atoms with Crippen molar-refractivity contribution < 1.29 is 0 Å². The summed E-state index contributed by atoms with van der Waals surface area (Å²) in [5.74, 6) is 0. The van der Waals surface area contributed by atoms with Gasteiger partial charge in [-0.25, -0.2) is 0 Å². The van der Waals surface area contributed by atoms with Crippen LogP contribution in [0.15, 0.2) is 101 Å². The molecule has 0 N–H and O–H groups in total. The fourth-order valence-corrected chi connectivity index (χ4v) is 3.46. The molecule has 136 valence electrons. The summed E-state index contributed by atoms with van der Waals surface area (Å²) >= 11 is 5.95. The zero-order valence-corrected chi connectivity index (χ0v) is 16.1. The van der Waals surface area contributed by atoms with Crippen LogP contribution >= 0.6 is 11.6 Å². The number of halogens is 1. The highest BCUT2D eigenvalue weighted by atomic mass is 35.5. The average molecular weight is 383 g/mol. The molecule has 0 aliphatic carbocycles. The van der Waals surface area contributed by atoms with Crippen molar-refractivity contribution in [3.05, 3.63) is 102 Å². The fourth-order valence-electron chi connectivity index (χ4n) is 3.33. The Kier molecular flexibility index (Phi) is 5.31. The van der Waals surface area contributed by atoms with Crippen molar-refractivity contribution in [1.82, 2.24) is 0 Å². The van der Waals surface area contributed by atoms with E-state index in [9.17, 15) is 0 Å². The summed E-state index contributed by atoms with van der Waals surface area (Å²) in [6.45, 7) is 3.77. The topological polar surface area (TPSA) is 24.7 Å². The summed E-state index contributed by atoms with van der Waals surface area (Å²) in [6.07, 6.45) is 1.95. The molecule has 0 fully saturated rings. The molecule has 0 spiro atoms. The summed E-state index contributed by atoms with van der Waals surface area (Å²) in [5.41, 5.74) is 3.55. The van der Waals surface area contributed by atoms with Crippen LogP contribution in [-0.2, 0) is 0 Å². The monoisotopic (exact) mass is 382 g/mol. The molecule has 0 amide bonds. The lowest BCUT2D eigenvalue weighted by molar-refractivity contribution is 1.36. The van der Waals surface area contributed by atoms with E-state index in [-0.39, 0.29) is 6.00 Å². The number of aliphatic imine (C=N–C) groups is 2. The van der Waals surface area contributed by atoms with E-state index in [2.05, 4.69) is 77.4 Å². The van der Waals surface area contributed by atoms with Gasteiger partial charge >= 0.3 is 0 Å². The number of rotatable bonds is 5. The Morgan fingerprint density at radius 1 is 0.750 bits per heavy atom. The van der Waals surface area contributed by atoms with Crippen molar-refractivity contribution in [2.75, 3.05) is 6.00 Å². The van der Waals surface area contributed by atoms with Crippen LogP contribution < -0.4 is 0 Å². The molecule has 0 saturated heterocycles. The third-order valence-electron chi connectivity index (χ3n) is 4.76. The number of hydrogen-bond donors (Lipinski definition) is 0. The molecule has 2 nitrogen and oxygen atoms in total. The van der Waals surface area contributed by atoms with Crippen LogP contribution in [0.25, 0.3) is 27.2 Å². The summed E-state index contributed by atoms with van der Waals surface area (Å²) in [5, 5.41) is 4.71. The van der Waals surface area contributed by atoms with E-state index in [1.165, 1.54) is 10.8 Å². The minimum absolute atomic E-state index is 0.181. The molecule has 4 aromatic rings. The lowest BCUT2D eigenvalue weighted by Crippen LogP contribution is -1.99. The lowest BCUT2D eigenvalue weighted by Gasteiger charge is -2.08. The largest absolute Gasteiger partial charge is 0.269 e. The molecule has 0 aliphatic rings. The minimum atomic E-state index is 0.181. The first kappa shape index (κ1) is 18.1. The number of allylic oxidation sites excluding steroid dienone is 1. The Morgan fingerprint density at radius 3 is 1.86 bits per heavy atom. The summed E-state index contributed by atoms with van der Waals surface area (Å²) in [7, 11) is 0. The fraction of sp³-hybridized carbons (Fsp3) is 0.0400. The molecule has 0 radical (unpaired) electrons. The van der Waals surface area contributed by atoms with Gasteiger partial charge in [0.15, 0.2) is 0 Å². The first-order valence-corrected chi connectivity index (χ1v) is 9.59. The Morgan fingerprint density at radius 2 is 1.29 bits per heavy atom. The average Bonchev–Trinajstić information content (AvgIpc) is 2.76. The smallest absolute Gasteiger partial charge is 0.114 e. The molecule has 0 aliphatic heterocycles. The van der Waals surface area contributed by atoms with Gasteiger partial charge in [0.25, 0.3) is 0 Å². The number of fused-ring (bicyclic) bond motifs is 2. The molecular weight excluding hydrogens is 364 g/mol. The Hall–Kier alpha value is -3.23. The van der Waals surface area contributed by atoms with Crippen molar-refractivity contribution >= 4 is 51.3 Å². The van der Waals surface area contributed by atoms with Crippen molar-refractivity contribution in [2.24, 2.45) is 9.98 Å². The van der Waals surface area contributed by atoms with Gasteiger partial charge in [-0.05, 0) is 46.5 Å². The van der Waals surface area contributed by atoms with E-state index >= 15 is 0 Å². The number of nitrogens with zero attached hydrogens (tertiary/aromatic N) is 2. The zero-order valence-electron chi connectivity index (χ0n) is 15.3. The quantitative estimate of drug-likeness (QED) is 0.208. The number of hydrogen-bond acceptors (Lipinski definition) is 2. The summed E-state index contributed by atoms with van der Waals surface area (Å²) in [4.78, 5) is 8.76. The molecular formula is C25H19ClN2. The normalized spacial score (nSPS) is 12.5. The maximum absolute atomic E-state index is 5.95. The van der Waals surface area contributed by atoms with Crippen LogP contribution in [0, 0.1) is 0 Å². The van der Waals surface area contributed by atoms with Crippen molar-refractivity contribution in [1.29, 1.82) is 0 Å². The third-order valence-corrected chi connectivity index (χ3v) is 4.88. The van der Waals surface area contributed by atoms with Gasteiger partial charge in [0.05, 0.1) is 11.4 Å². The van der Waals surface area contributed by atoms with Gasteiger partial charge in [-0.15, -0.1) is 11.6 Å². The van der Waals surface area contributed by atoms with Crippen LogP contribution in [0.3, 0.4) is 0 Å².